The molecule has 2 fully saturated rings. The topological polar surface area (TPSA) is 285 Å². The fraction of sp³-hybridized carbons (Fsp3) is 0.487. The first-order chi connectivity index (χ1) is 27.1. The molecule has 0 aliphatic carbocycles. The van der Waals surface area contributed by atoms with Gasteiger partial charge < -0.3 is 52.7 Å². The number of guanidine groups is 1. The molecule has 6 amide bonds. The summed E-state index contributed by atoms with van der Waals surface area (Å²) < 4.78 is 0. The van der Waals surface area contributed by atoms with E-state index < -0.39 is 90.0 Å². The number of aromatic hydroxyl groups is 1. The molecule has 18 nitrogen and oxygen atoms in total. The van der Waals surface area contributed by atoms with Crippen molar-refractivity contribution in [3.05, 3.63) is 65.7 Å². The summed E-state index contributed by atoms with van der Waals surface area (Å²) in [4.78, 5) is 97.4. The van der Waals surface area contributed by atoms with Gasteiger partial charge in [-0.05, 0) is 61.3 Å². The SMILES string of the molecule is CC(C)C1NC(=O)C(Cc2ccccc2)NC(=O)C(CCCNC(=N)N)NC(=O)C2CCCN2C(=O)C(CCC(=O)O)NC(=O)C(Cc2ccc(O)cc2)NC1=O. The highest BCUT2D eigenvalue weighted by Gasteiger charge is 2.41. The first-order valence-electron chi connectivity index (χ1n) is 19.1. The van der Waals surface area contributed by atoms with Crippen molar-refractivity contribution in [3.8, 4) is 5.75 Å². The second kappa shape index (κ2) is 20.6. The Morgan fingerprint density at radius 3 is 1.96 bits per heavy atom. The molecule has 0 radical (unpaired) electrons. The Labute approximate surface area is 330 Å². The number of hydrogen-bond acceptors (Lipinski definition) is 9. The number of aliphatic carboxylic acids is 1. The highest BCUT2D eigenvalue weighted by atomic mass is 16.4. The Balaban J connectivity index is 1.77. The minimum atomic E-state index is -1.41. The molecule has 0 bridgehead atoms. The predicted molar refractivity (Wildman–Crippen MR) is 207 cm³/mol. The van der Waals surface area contributed by atoms with Crippen LogP contribution in [0, 0.1) is 11.3 Å². The summed E-state index contributed by atoms with van der Waals surface area (Å²) in [6, 6.07) is 7.31. The van der Waals surface area contributed by atoms with Gasteiger partial charge in [0, 0.05) is 32.4 Å². The van der Waals surface area contributed by atoms with Gasteiger partial charge in [-0.2, -0.15) is 0 Å². The van der Waals surface area contributed by atoms with Gasteiger partial charge in [-0.3, -0.25) is 39.0 Å². The van der Waals surface area contributed by atoms with Crippen molar-refractivity contribution in [3.63, 3.8) is 0 Å². The van der Waals surface area contributed by atoms with Gasteiger partial charge in [-0.15, -0.1) is 0 Å². The Morgan fingerprint density at radius 1 is 0.789 bits per heavy atom. The van der Waals surface area contributed by atoms with Crippen LogP contribution >= 0.6 is 0 Å². The van der Waals surface area contributed by atoms with E-state index in [4.69, 9.17) is 11.1 Å². The summed E-state index contributed by atoms with van der Waals surface area (Å²) in [6.45, 7) is 3.67. The first kappa shape index (κ1) is 43.5. The molecule has 0 saturated carbocycles. The fourth-order valence-electron chi connectivity index (χ4n) is 6.83. The highest BCUT2D eigenvalue weighted by Crippen LogP contribution is 2.21. The van der Waals surface area contributed by atoms with Crippen LogP contribution in [0.15, 0.2) is 54.6 Å². The van der Waals surface area contributed by atoms with E-state index in [-0.39, 0.29) is 63.3 Å². The fourth-order valence-corrected chi connectivity index (χ4v) is 6.83. The Bertz CT molecular complexity index is 1770. The number of nitrogens with one attached hydrogen (secondary N) is 7. The van der Waals surface area contributed by atoms with Crippen LogP contribution in [0.4, 0.5) is 0 Å². The van der Waals surface area contributed by atoms with Crippen molar-refractivity contribution in [2.45, 2.75) is 101 Å². The Hall–Kier alpha value is -6.20. The first-order valence-corrected chi connectivity index (χ1v) is 19.1. The minimum Gasteiger partial charge on any atom is -0.508 e. The molecular weight excluding hydrogens is 738 g/mol. The molecule has 2 saturated heterocycles. The maximum absolute atomic E-state index is 14.2. The quantitative estimate of drug-likeness (QED) is 0.0735. The molecule has 2 aliphatic rings. The number of carboxylic acid groups (broad SMARTS) is 1. The van der Waals surface area contributed by atoms with Gasteiger partial charge >= 0.3 is 5.97 Å². The number of carbonyl (C=O) groups is 7. The number of hydrogen-bond donors (Lipinski definition) is 10. The van der Waals surface area contributed by atoms with Gasteiger partial charge in [-0.1, -0.05) is 56.3 Å². The summed E-state index contributed by atoms with van der Waals surface area (Å²) in [7, 11) is 0. The number of fused-ring (bicyclic) bond motifs is 1. The number of carboxylic acids is 1. The Kier molecular flexibility index (Phi) is 15.8. The van der Waals surface area contributed by atoms with Crippen LogP contribution < -0.4 is 37.6 Å². The standard InChI is InChI=1S/C39H53N9O9/c1-22(2)32-37(56)46-28(21-24-12-14-25(49)15-13-24)34(53)44-27(16-17-31(50)51)38(57)48-19-7-11-30(48)36(55)43-26(10-6-18-42-39(40)41)33(52)45-29(35(54)47-32)20-23-8-4-3-5-9-23/h3-5,8-9,12-15,22,26-30,32,49H,6-7,10-11,16-21H2,1-2H3,(H,43,55)(H,44,53)(H,45,52)(H,46,56)(H,47,54)(H,50,51)(H4,40,41,42). The van der Waals surface area contributed by atoms with Crippen LogP contribution in [-0.2, 0) is 46.4 Å². The van der Waals surface area contributed by atoms with Crippen molar-refractivity contribution in [1.82, 2.24) is 36.8 Å². The summed E-state index contributed by atoms with van der Waals surface area (Å²) in [5, 5.41) is 43.1. The molecule has 18 heteroatoms. The van der Waals surface area contributed by atoms with E-state index in [2.05, 4.69) is 31.9 Å². The molecule has 57 heavy (non-hydrogen) atoms. The van der Waals surface area contributed by atoms with Gasteiger partial charge in [0.15, 0.2) is 5.96 Å². The highest BCUT2D eigenvalue weighted by molar-refractivity contribution is 5.98. The summed E-state index contributed by atoms with van der Waals surface area (Å²) in [6.07, 6.45) is 0.0166. The van der Waals surface area contributed by atoms with Crippen LogP contribution in [0.2, 0.25) is 0 Å². The maximum Gasteiger partial charge on any atom is 0.303 e. The van der Waals surface area contributed by atoms with Crippen LogP contribution in [0.5, 0.6) is 5.75 Å². The third-order valence-electron chi connectivity index (χ3n) is 9.89. The van der Waals surface area contributed by atoms with Crippen LogP contribution in [0.3, 0.4) is 0 Å². The molecule has 308 valence electrons. The molecular formula is C39H53N9O9. The third-order valence-corrected chi connectivity index (χ3v) is 9.89. The van der Waals surface area contributed by atoms with Crippen LogP contribution in [-0.4, -0.2) is 112 Å². The Morgan fingerprint density at radius 2 is 1.35 bits per heavy atom. The monoisotopic (exact) mass is 791 g/mol. The number of carbonyl (C=O) groups excluding carboxylic acids is 6. The minimum absolute atomic E-state index is 0.0198. The molecule has 6 unspecified atom stereocenters. The van der Waals surface area contributed by atoms with E-state index in [1.807, 2.05) is 0 Å². The van der Waals surface area contributed by atoms with Crippen molar-refractivity contribution in [1.29, 1.82) is 5.41 Å². The van der Waals surface area contributed by atoms with Gasteiger partial charge in [0.1, 0.15) is 42.0 Å². The lowest BCUT2D eigenvalue weighted by atomic mass is 9.98. The number of nitrogens with zero attached hydrogens (tertiary/aromatic N) is 1. The maximum atomic E-state index is 14.2. The average molecular weight is 792 g/mol. The largest absolute Gasteiger partial charge is 0.508 e. The number of nitrogens with two attached hydrogens (primary N) is 1. The van der Waals surface area contributed by atoms with Gasteiger partial charge in [0.25, 0.3) is 0 Å². The summed E-state index contributed by atoms with van der Waals surface area (Å²) >= 11 is 0. The van der Waals surface area contributed by atoms with Gasteiger partial charge in [0.05, 0.1) is 0 Å². The number of phenols is 1. The summed E-state index contributed by atoms with van der Waals surface area (Å²) in [5.41, 5.74) is 6.64. The molecule has 0 spiro atoms. The number of phenolic OH excluding ortho intramolecular Hbond substituents is 1. The van der Waals surface area contributed by atoms with Crippen molar-refractivity contribution in [2.75, 3.05) is 13.1 Å². The number of amides is 6. The smallest absolute Gasteiger partial charge is 0.303 e. The number of benzene rings is 2. The second-order valence-electron chi connectivity index (χ2n) is 14.6. The van der Waals surface area contributed by atoms with Crippen LogP contribution in [0.1, 0.15) is 63.5 Å². The number of rotatable bonds is 12. The van der Waals surface area contributed by atoms with E-state index in [0.29, 0.717) is 17.5 Å². The zero-order chi connectivity index (χ0) is 41.6. The zero-order valence-corrected chi connectivity index (χ0v) is 32.1. The predicted octanol–water partition coefficient (Wildman–Crippen LogP) is -0.610. The molecule has 6 atom stereocenters. The summed E-state index contributed by atoms with van der Waals surface area (Å²) in [5.74, 6) is -6.39. The second-order valence-corrected chi connectivity index (χ2v) is 14.6. The molecule has 2 aromatic rings. The van der Waals surface area contributed by atoms with E-state index in [9.17, 15) is 43.8 Å². The van der Waals surface area contributed by atoms with Gasteiger partial charge in [-0.25, -0.2) is 0 Å². The van der Waals surface area contributed by atoms with Crippen molar-refractivity contribution >= 4 is 47.4 Å². The lowest BCUT2D eigenvalue weighted by Crippen LogP contribution is -2.62. The van der Waals surface area contributed by atoms with E-state index in [1.165, 1.54) is 17.0 Å². The lowest BCUT2D eigenvalue weighted by molar-refractivity contribution is -0.144. The molecule has 2 aliphatic heterocycles. The molecule has 2 aromatic carbocycles. The van der Waals surface area contributed by atoms with E-state index in [0.717, 1.165) is 0 Å². The normalized spacial score (nSPS) is 23.9. The lowest BCUT2D eigenvalue weighted by Gasteiger charge is -2.32. The molecule has 0 aromatic heterocycles. The molecule has 2 heterocycles. The van der Waals surface area contributed by atoms with Crippen LogP contribution in [0.25, 0.3) is 0 Å². The van der Waals surface area contributed by atoms with E-state index in [1.54, 1.807) is 56.3 Å². The van der Waals surface area contributed by atoms with Crippen molar-refractivity contribution in [2.24, 2.45) is 11.7 Å². The average Bonchev–Trinajstić information content (AvgIpc) is 3.66. The zero-order valence-electron chi connectivity index (χ0n) is 32.1. The van der Waals surface area contributed by atoms with E-state index >= 15 is 0 Å². The van der Waals surface area contributed by atoms with Gasteiger partial charge in [0.2, 0.25) is 35.4 Å². The van der Waals surface area contributed by atoms with Crippen molar-refractivity contribution < 1.29 is 43.8 Å². The third kappa shape index (κ3) is 12.9. The molecule has 4 rings (SSSR count). The molecule has 11 N–H and O–H groups in total.